The average Bonchev–Trinajstić information content (AvgIpc) is 2.72. The van der Waals surface area contributed by atoms with Crippen LogP contribution in [-0.2, 0) is 11.3 Å². The van der Waals surface area contributed by atoms with Crippen LogP contribution in [0, 0.1) is 5.82 Å². The number of carbonyl (C=O) groups excluding carboxylic acids is 1. The van der Waals surface area contributed by atoms with Gasteiger partial charge in [-0.05, 0) is 24.3 Å². The van der Waals surface area contributed by atoms with E-state index in [1.54, 1.807) is 0 Å². The van der Waals surface area contributed by atoms with Gasteiger partial charge in [-0.25, -0.2) is 24.3 Å². The van der Waals surface area contributed by atoms with Gasteiger partial charge < -0.3 is 5.32 Å². The van der Waals surface area contributed by atoms with Gasteiger partial charge in [-0.2, -0.15) is 0 Å². The Bertz CT molecular complexity index is 1210. The van der Waals surface area contributed by atoms with Crippen LogP contribution < -0.4 is 10.9 Å². The molecule has 1 amide bonds. The predicted octanol–water partition coefficient (Wildman–Crippen LogP) is 1.42. The highest BCUT2D eigenvalue weighted by atomic mass is 19.1. The zero-order chi connectivity index (χ0) is 19.5. The van der Waals surface area contributed by atoms with Crippen molar-refractivity contribution in [3.63, 3.8) is 0 Å². The highest BCUT2D eigenvalue weighted by Gasteiger charge is 2.12. The Kier molecular flexibility index (Phi) is 4.50. The molecule has 4 aromatic rings. The highest BCUT2D eigenvalue weighted by molar-refractivity contribution is 5.90. The number of amides is 1. The van der Waals surface area contributed by atoms with E-state index in [4.69, 9.17) is 0 Å². The molecule has 3 aromatic heterocycles. The number of halogens is 1. The fourth-order valence-electron chi connectivity index (χ4n) is 2.49. The fraction of sp³-hybridized carbons (Fsp3) is 0.0556. The highest BCUT2D eigenvalue weighted by Crippen LogP contribution is 2.12. The molecule has 0 aliphatic heterocycles. The van der Waals surface area contributed by atoms with Crippen LogP contribution in [0.3, 0.4) is 0 Å². The molecule has 0 spiro atoms. The maximum atomic E-state index is 12.9. The molecule has 4 rings (SSSR count). The van der Waals surface area contributed by atoms with Gasteiger partial charge in [0.2, 0.25) is 5.91 Å². The molecular weight excluding hydrogens is 365 g/mol. The van der Waals surface area contributed by atoms with Gasteiger partial charge in [0, 0.05) is 24.3 Å². The van der Waals surface area contributed by atoms with Crippen molar-refractivity contribution in [2.75, 3.05) is 5.32 Å². The van der Waals surface area contributed by atoms with E-state index in [9.17, 15) is 14.0 Å². The monoisotopic (exact) mass is 377 g/mol. The third-order valence-corrected chi connectivity index (χ3v) is 3.81. The Morgan fingerprint density at radius 3 is 2.64 bits per heavy atom. The molecule has 138 valence electrons. The summed E-state index contributed by atoms with van der Waals surface area (Å²) < 4.78 is 14.1. The lowest BCUT2D eigenvalue weighted by molar-refractivity contribution is -0.116. The van der Waals surface area contributed by atoms with E-state index in [0.717, 1.165) is 4.57 Å². The van der Waals surface area contributed by atoms with E-state index in [1.807, 2.05) is 0 Å². The van der Waals surface area contributed by atoms with Crippen molar-refractivity contribution in [3.8, 4) is 11.5 Å². The summed E-state index contributed by atoms with van der Waals surface area (Å²) in [5, 5.41) is 2.75. The van der Waals surface area contributed by atoms with Gasteiger partial charge in [-0.1, -0.05) is 0 Å². The van der Waals surface area contributed by atoms with E-state index in [1.165, 1.54) is 55.4 Å². The minimum Gasteiger partial charge on any atom is -0.325 e. The summed E-state index contributed by atoms with van der Waals surface area (Å²) in [5.41, 5.74) is 0.611. The predicted molar refractivity (Wildman–Crippen MR) is 97.6 cm³/mol. The maximum Gasteiger partial charge on any atom is 0.264 e. The lowest BCUT2D eigenvalue weighted by atomic mass is 10.3. The SMILES string of the molecule is O=C(Cn1cnc2nc(-c3cnccn3)ncc2c1=O)Nc1ccc(F)cc1. The third kappa shape index (κ3) is 3.56. The number of nitrogens with zero attached hydrogens (tertiary/aromatic N) is 6. The van der Waals surface area contributed by atoms with Crippen LogP contribution in [0.25, 0.3) is 22.6 Å². The molecule has 0 radical (unpaired) electrons. The Morgan fingerprint density at radius 1 is 1.07 bits per heavy atom. The molecule has 0 atom stereocenters. The molecule has 1 aromatic carbocycles. The smallest absolute Gasteiger partial charge is 0.264 e. The number of benzene rings is 1. The summed E-state index contributed by atoms with van der Waals surface area (Å²) in [5.74, 6) is -0.569. The Hall–Kier alpha value is -4.08. The van der Waals surface area contributed by atoms with E-state index in [0.29, 0.717) is 17.2 Å². The molecule has 0 aliphatic carbocycles. The first kappa shape index (κ1) is 17.3. The zero-order valence-corrected chi connectivity index (χ0v) is 14.3. The quantitative estimate of drug-likeness (QED) is 0.572. The fourth-order valence-corrected chi connectivity index (χ4v) is 2.49. The van der Waals surface area contributed by atoms with Crippen LogP contribution in [0.1, 0.15) is 0 Å². The molecule has 0 bridgehead atoms. The largest absolute Gasteiger partial charge is 0.325 e. The van der Waals surface area contributed by atoms with Crippen LogP contribution in [0.15, 0.2) is 60.2 Å². The summed E-state index contributed by atoms with van der Waals surface area (Å²) in [6.07, 6.45) is 7.12. The molecule has 3 heterocycles. The van der Waals surface area contributed by atoms with E-state index < -0.39 is 17.3 Å². The van der Waals surface area contributed by atoms with E-state index >= 15 is 0 Å². The number of rotatable bonds is 4. The van der Waals surface area contributed by atoms with Gasteiger partial charge in [0.25, 0.3) is 5.56 Å². The van der Waals surface area contributed by atoms with Gasteiger partial charge in [-0.3, -0.25) is 19.1 Å². The van der Waals surface area contributed by atoms with Crippen molar-refractivity contribution in [2.24, 2.45) is 0 Å². The van der Waals surface area contributed by atoms with Gasteiger partial charge in [-0.15, -0.1) is 0 Å². The van der Waals surface area contributed by atoms with E-state index in [2.05, 4.69) is 30.2 Å². The summed E-state index contributed by atoms with van der Waals surface area (Å²) in [6, 6.07) is 5.31. The molecule has 0 aliphatic rings. The lowest BCUT2D eigenvalue weighted by Crippen LogP contribution is -2.28. The van der Waals surface area contributed by atoms with E-state index in [-0.39, 0.29) is 17.6 Å². The molecule has 10 heteroatoms. The molecule has 9 nitrogen and oxygen atoms in total. The number of carbonyl (C=O) groups is 1. The minimum absolute atomic E-state index is 0.171. The van der Waals surface area contributed by atoms with Gasteiger partial charge in [0.15, 0.2) is 11.5 Å². The van der Waals surface area contributed by atoms with Crippen LogP contribution >= 0.6 is 0 Å². The second kappa shape index (κ2) is 7.27. The van der Waals surface area contributed by atoms with Crippen molar-refractivity contribution in [3.05, 3.63) is 71.6 Å². The number of hydrogen-bond donors (Lipinski definition) is 1. The molecule has 0 saturated carbocycles. The van der Waals surface area contributed by atoms with Gasteiger partial charge >= 0.3 is 0 Å². The Morgan fingerprint density at radius 2 is 1.89 bits per heavy atom. The van der Waals surface area contributed by atoms with Gasteiger partial charge in [0.05, 0.1) is 6.20 Å². The molecule has 1 N–H and O–H groups in total. The average molecular weight is 377 g/mol. The van der Waals surface area contributed by atoms with Crippen molar-refractivity contribution in [2.45, 2.75) is 6.54 Å². The molecule has 28 heavy (non-hydrogen) atoms. The van der Waals surface area contributed by atoms with Crippen molar-refractivity contribution in [1.82, 2.24) is 29.5 Å². The topological polar surface area (TPSA) is 116 Å². The number of aromatic nitrogens is 6. The molecule has 0 unspecified atom stereocenters. The van der Waals surface area contributed by atoms with Crippen molar-refractivity contribution < 1.29 is 9.18 Å². The van der Waals surface area contributed by atoms with Gasteiger partial charge in [0.1, 0.15) is 29.8 Å². The minimum atomic E-state index is -0.454. The molecule has 0 saturated heterocycles. The summed E-state index contributed by atoms with van der Waals surface area (Å²) in [4.78, 5) is 45.3. The Balaban J connectivity index is 1.58. The molecule has 0 fully saturated rings. The summed E-state index contributed by atoms with van der Waals surface area (Å²) >= 11 is 0. The van der Waals surface area contributed by atoms with Crippen molar-refractivity contribution >= 4 is 22.6 Å². The Labute approximate surface area is 157 Å². The summed E-state index contributed by atoms with van der Waals surface area (Å²) in [7, 11) is 0. The summed E-state index contributed by atoms with van der Waals surface area (Å²) in [6.45, 7) is -0.259. The number of fused-ring (bicyclic) bond motifs is 1. The van der Waals surface area contributed by atoms with Crippen LogP contribution in [0.2, 0.25) is 0 Å². The zero-order valence-electron chi connectivity index (χ0n) is 14.3. The van der Waals surface area contributed by atoms with Crippen LogP contribution in [0.5, 0.6) is 0 Å². The second-order valence-electron chi connectivity index (χ2n) is 5.75. The lowest BCUT2D eigenvalue weighted by Gasteiger charge is -2.08. The number of hydrogen-bond acceptors (Lipinski definition) is 7. The number of nitrogens with one attached hydrogen (secondary N) is 1. The number of anilines is 1. The molecular formula is C18H12FN7O2. The van der Waals surface area contributed by atoms with Crippen molar-refractivity contribution in [1.29, 1.82) is 0 Å². The first-order valence-corrected chi connectivity index (χ1v) is 8.14. The normalized spacial score (nSPS) is 10.8. The first-order chi connectivity index (χ1) is 13.6. The van der Waals surface area contributed by atoms with Crippen LogP contribution in [-0.4, -0.2) is 35.4 Å². The maximum absolute atomic E-state index is 12.9. The van der Waals surface area contributed by atoms with Crippen LogP contribution in [0.4, 0.5) is 10.1 Å². The standard InChI is InChI=1S/C18H12FN7O2/c19-11-1-3-12(4-2-11)24-15(27)9-26-10-23-16-13(18(26)28)7-22-17(25-16)14-8-20-5-6-21-14/h1-8,10H,9H2,(H,24,27). The third-order valence-electron chi connectivity index (χ3n) is 3.81. The second-order valence-corrected chi connectivity index (χ2v) is 5.75. The first-order valence-electron chi connectivity index (χ1n) is 8.14.